The van der Waals surface area contributed by atoms with E-state index in [1.807, 2.05) is 18.2 Å². The van der Waals surface area contributed by atoms with E-state index in [0.29, 0.717) is 0 Å². The van der Waals surface area contributed by atoms with Crippen molar-refractivity contribution in [1.29, 1.82) is 0 Å². The molecule has 0 saturated carbocycles. The SMILES string of the molecule is Cc1cc(CCCN2CCN(C)CC2)nc2ccc(N)cc12. The number of anilines is 1. The van der Waals surface area contributed by atoms with Crippen LogP contribution >= 0.6 is 0 Å². The number of likely N-dealkylation sites (N-methyl/N-ethyl adjacent to an activating group) is 1. The molecule has 1 aliphatic rings. The van der Waals surface area contributed by atoms with E-state index in [9.17, 15) is 0 Å². The predicted molar refractivity (Wildman–Crippen MR) is 93.2 cm³/mol. The van der Waals surface area contributed by atoms with Crippen LogP contribution in [0.4, 0.5) is 5.69 Å². The molecule has 22 heavy (non-hydrogen) atoms. The van der Waals surface area contributed by atoms with Gasteiger partial charge in [0.1, 0.15) is 0 Å². The molecule has 0 spiro atoms. The molecule has 1 aromatic carbocycles. The molecule has 4 nitrogen and oxygen atoms in total. The largest absolute Gasteiger partial charge is 0.399 e. The number of benzene rings is 1. The minimum absolute atomic E-state index is 0.806. The Hall–Kier alpha value is -1.65. The van der Waals surface area contributed by atoms with Crippen LogP contribution in [-0.4, -0.2) is 54.6 Å². The first-order valence-corrected chi connectivity index (χ1v) is 8.18. The zero-order chi connectivity index (χ0) is 15.5. The second-order valence-corrected chi connectivity index (χ2v) is 6.46. The fraction of sp³-hybridized carbons (Fsp3) is 0.500. The molecule has 2 heterocycles. The summed E-state index contributed by atoms with van der Waals surface area (Å²) in [6.07, 6.45) is 2.23. The van der Waals surface area contributed by atoms with Gasteiger partial charge in [0.2, 0.25) is 0 Å². The first-order valence-electron chi connectivity index (χ1n) is 8.18. The van der Waals surface area contributed by atoms with E-state index in [0.717, 1.165) is 17.6 Å². The van der Waals surface area contributed by atoms with Gasteiger partial charge in [0.15, 0.2) is 0 Å². The van der Waals surface area contributed by atoms with Crippen molar-refractivity contribution in [2.24, 2.45) is 0 Å². The van der Waals surface area contributed by atoms with Gasteiger partial charge in [0.25, 0.3) is 0 Å². The molecule has 1 saturated heterocycles. The van der Waals surface area contributed by atoms with Crippen molar-refractivity contribution in [2.75, 3.05) is 45.5 Å². The fourth-order valence-electron chi connectivity index (χ4n) is 3.16. The number of pyridine rings is 1. The summed E-state index contributed by atoms with van der Waals surface area (Å²) >= 11 is 0. The van der Waals surface area contributed by atoms with E-state index < -0.39 is 0 Å². The number of hydrogen-bond donors (Lipinski definition) is 1. The van der Waals surface area contributed by atoms with E-state index in [1.165, 1.54) is 55.8 Å². The third kappa shape index (κ3) is 3.57. The Morgan fingerprint density at radius 3 is 2.68 bits per heavy atom. The molecule has 2 aromatic rings. The highest BCUT2D eigenvalue weighted by molar-refractivity contribution is 5.85. The maximum absolute atomic E-state index is 5.87. The lowest BCUT2D eigenvalue weighted by Crippen LogP contribution is -2.44. The zero-order valence-corrected chi connectivity index (χ0v) is 13.7. The second kappa shape index (κ2) is 6.63. The minimum Gasteiger partial charge on any atom is -0.399 e. The summed E-state index contributed by atoms with van der Waals surface area (Å²) in [4.78, 5) is 9.75. The highest BCUT2D eigenvalue weighted by atomic mass is 15.2. The molecule has 0 aliphatic carbocycles. The van der Waals surface area contributed by atoms with E-state index in [4.69, 9.17) is 10.7 Å². The lowest BCUT2D eigenvalue weighted by molar-refractivity contribution is 0.153. The molecule has 0 unspecified atom stereocenters. The van der Waals surface area contributed by atoms with Crippen LogP contribution in [0.2, 0.25) is 0 Å². The van der Waals surface area contributed by atoms with Crippen molar-refractivity contribution >= 4 is 16.6 Å². The number of aryl methyl sites for hydroxylation is 2. The van der Waals surface area contributed by atoms with Crippen LogP contribution in [-0.2, 0) is 6.42 Å². The highest BCUT2D eigenvalue weighted by Gasteiger charge is 2.13. The molecule has 0 atom stereocenters. The zero-order valence-electron chi connectivity index (χ0n) is 13.7. The first-order chi connectivity index (χ1) is 10.6. The Morgan fingerprint density at radius 2 is 1.91 bits per heavy atom. The monoisotopic (exact) mass is 298 g/mol. The first kappa shape index (κ1) is 15.3. The van der Waals surface area contributed by atoms with Crippen molar-refractivity contribution < 1.29 is 0 Å². The minimum atomic E-state index is 0.806. The molecule has 1 fully saturated rings. The number of fused-ring (bicyclic) bond motifs is 1. The van der Waals surface area contributed by atoms with Crippen LogP contribution in [0.1, 0.15) is 17.7 Å². The van der Waals surface area contributed by atoms with Gasteiger partial charge in [-0.25, -0.2) is 0 Å². The van der Waals surface area contributed by atoms with Gasteiger partial charge in [-0.15, -0.1) is 0 Å². The van der Waals surface area contributed by atoms with Crippen molar-refractivity contribution in [3.63, 3.8) is 0 Å². The third-order valence-corrected chi connectivity index (χ3v) is 4.60. The number of piperazine rings is 1. The number of nitrogens with zero attached hydrogens (tertiary/aromatic N) is 3. The quantitative estimate of drug-likeness (QED) is 0.880. The summed E-state index contributed by atoms with van der Waals surface area (Å²) in [5, 5.41) is 1.17. The number of aromatic nitrogens is 1. The molecular formula is C18H26N4. The molecule has 1 aromatic heterocycles. The predicted octanol–water partition coefficient (Wildman–Crippen LogP) is 2.31. The Bertz CT molecular complexity index is 645. The van der Waals surface area contributed by atoms with Crippen molar-refractivity contribution in [1.82, 2.24) is 14.8 Å². The summed E-state index contributed by atoms with van der Waals surface area (Å²) in [6.45, 7) is 8.09. The van der Waals surface area contributed by atoms with Gasteiger partial charge < -0.3 is 15.5 Å². The summed E-state index contributed by atoms with van der Waals surface area (Å²) in [5.74, 6) is 0. The summed E-state index contributed by atoms with van der Waals surface area (Å²) in [7, 11) is 2.20. The van der Waals surface area contributed by atoms with Crippen LogP contribution in [0.15, 0.2) is 24.3 Å². The third-order valence-electron chi connectivity index (χ3n) is 4.60. The van der Waals surface area contributed by atoms with Crippen LogP contribution in [0, 0.1) is 6.92 Å². The van der Waals surface area contributed by atoms with Gasteiger partial charge >= 0.3 is 0 Å². The standard InChI is InChI=1S/C18H26N4/c1-14-12-16(20-18-6-5-15(19)13-17(14)18)4-3-7-22-10-8-21(2)9-11-22/h5-6,12-13H,3-4,7-11,19H2,1-2H3. The lowest BCUT2D eigenvalue weighted by atomic mass is 10.1. The summed E-state index contributed by atoms with van der Waals surface area (Å²) in [6, 6.07) is 8.20. The van der Waals surface area contributed by atoms with E-state index >= 15 is 0 Å². The molecule has 0 amide bonds. The van der Waals surface area contributed by atoms with Gasteiger partial charge in [0.05, 0.1) is 5.52 Å². The van der Waals surface area contributed by atoms with E-state index in [1.54, 1.807) is 0 Å². The molecule has 4 heteroatoms. The van der Waals surface area contributed by atoms with Crippen LogP contribution in [0.5, 0.6) is 0 Å². The van der Waals surface area contributed by atoms with E-state index in [-0.39, 0.29) is 0 Å². The molecule has 0 radical (unpaired) electrons. The maximum atomic E-state index is 5.87. The number of nitrogens with two attached hydrogens (primary N) is 1. The van der Waals surface area contributed by atoms with Gasteiger partial charge in [-0.3, -0.25) is 4.98 Å². The Kier molecular flexibility index (Phi) is 4.60. The summed E-state index contributed by atoms with van der Waals surface area (Å²) < 4.78 is 0. The Labute approximate surface area is 132 Å². The van der Waals surface area contributed by atoms with Gasteiger partial charge in [-0.1, -0.05) is 0 Å². The van der Waals surface area contributed by atoms with Gasteiger partial charge in [-0.2, -0.15) is 0 Å². The van der Waals surface area contributed by atoms with Crippen LogP contribution in [0.3, 0.4) is 0 Å². The number of nitrogen functional groups attached to an aromatic ring is 1. The summed E-state index contributed by atoms with van der Waals surface area (Å²) in [5.41, 5.74) is 10.2. The fourth-order valence-corrected chi connectivity index (χ4v) is 3.16. The highest BCUT2D eigenvalue weighted by Crippen LogP contribution is 2.21. The Balaban J connectivity index is 1.61. The molecule has 1 aliphatic heterocycles. The molecule has 3 rings (SSSR count). The second-order valence-electron chi connectivity index (χ2n) is 6.46. The normalized spacial score (nSPS) is 17.2. The van der Waals surface area contributed by atoms with Crippen LogP contribution in [0.25, 0.3) is 10.9 Å². The average Bonchev–Trinajstić information content (AvgIpc) is 2.50. The molecule has 118 valence electrons. The van der Waals surface area contributed by atoms with Crippen molar-refractivity contribution in [2.45, 2.75) is 19.8 Å². The number of rotatable bonds is 4. The smallest absolute Gasteiger partial charge is 0.0709 e. The molecular weight excluding hydrogens is 272 g/mol. The van der Waals surface area contributed by atoms with E-state index in [2.05, 4.69) is 29.8 Å². The van der Waals surface area contributed by atoms with Gasteiger partial charge in [0, 0.05) is 42.9 Å². The van der Waals surface area contributed by atoms with Crippen molar-refractivity contribution in [3.05, 3.63) is 35.5 Å². The maximum Gasteiger partial charge on any atom is 0.0709 e. The van der Waals surface area contributed by atoms with Crippen molar-refractivity contribution in [3.8, 4) is 0 Å². The molecule has 2 N–H and O–H groups in total. The van der Waals surface area contributed by atoms with Gasteiger partial charge in [-0.05, 0) is 63.2 Å². The number of hydrogen-bond acceptors (Lipinski definition) is 4. The molecule has 0 bridgehead atoms. The lowest BCUT2D eigenvalue weighted by Gasteiger charge is -2.32. The average molecular weight is 298 g/mol. The Morgan fingerprint density at radius 1 is 1.14 bits per heavy atom. The van der Waals surface area contributed by atoms with Crippen LogP contribution < -0.4 is 5.73 Å². The topological polar surface area (TPSA) is 45.4 Å².